The van der Waals surface area contributed by atoms with Crippen molar-refractivity contribution in [2.24, 2.45) is 0 Å². The van der Waals surface area contributed by atoms with Crippen LogP contribution >= 0.6 is 11.6 Å². The van der Waals surface area contributed by atoms with Crippen molar-refractivity contribution in [1.29, 1.82) is 0 Å². The Morgan fingerprint density at radius 2 is 2.00 bits per heavy atom. The third-order valence-corrected chi connectivity index (χ3v) is 6.01. The van der Waals surface area contributed by atoms with Gasteiger partial charge in [0.15, 0.2) is 0 Å². The molecule has 6 nitrogen and oxygen atoms in total. The minimum Gasteiger partial charge on any atom is -0.495 e. The van der Waals surface area contributed by atoms with Gasteiger partial charge in [-0.2, -0.15) is 0 Å². The second-order valence-electron chi connectivity index (χ2n) is 7.39. The van der Waals surface area contributed by atoms with Gasteiger partial charge in [-0.15, -0.1) is 0 Å². The van der Waals surface area contributed by atoms with Crippen molar-refractivity contribution in [2.45, 2.75) is 50.1 Å². The molecule has 1 saturated carbocycles. The van der Waals surface area contributed by atoms with Crippen molar-refractivity contribution in [3.8, 4) is 5.75 Å². The highest BCUT2D eigenvalue weighted by atomic mass is 35.5. The third-order valence-electron chi connectivity index (χ3n) is 5.77. The molecule has 3 fully saturated rings. The minimum absolute atomic E-state index is 0.136. The van der Waals surface area contributed by atoms with Crippen LogP contribution in [0.4, 0.5) is 10.5 Å². The molecule has 7 heteroatoms. The quantitative estimate of drug-likeness (QED) is 0.876. The molecule has 0 radical (unpaired) electrons. The number of nitrogens with one attached hydrogen (secondary N) is 1. The number of methoxy groups -OCH3 is 1. The molecule has 26 heavy (non-hydrogen) atoms. The number of piperidine rings is 1. The van der Waals surface area contributed by atoms with Crippen molar-refractivity contribution < 1.29 is 14.3 Å². The highest BCUT2D eigenvalue weighted by Crippen LogP contribution is 2.42. The van der Waals surface area contributed by atoms with Gasteiger partial charge in [-0.1, -0.05) is 11.6 Å². The van der Waals surface area contributed by atoms with Crippen LogP contribution < -0.4 is 10.1 Å². The van der Waals surface area contributed by atoms with Crippen LogP contribution in [0, 0.1) is 0 Å². The van der Waals surface area contributed by atoms with E-state index in [1.54, 1.807) is 30.2 Å². The first-order chi connectivity index (χ1) is 12.5. The van der Waals surface area contributed by atoms with Crippen LogP contribution in [-0.2, 0) is 4.79 Å². The number of hydrogen-bond donors (Lipinski definition) is 1. The fourth-order valence-electron chi connectivity index (χ4n) is 4.37. The molecule has 0 bridgehead atoms. The molecule has 1 aromatic rings. The second-order valence-corrected chi connectivity index (χ2v) is 7.83. The Morgan fingerprint density at radius 1 is 1.27 bits per heavy atom. The molecule has 2 aliphatic heterocycles. The maximum Gasteiger partial charge on any atom is 0.322 e. The maximum atomic E-state index is 13.2. The van der Waals surface area contributed by atoms with Crippen molar-refractivity contribution in [2.75, 3.05) is 25.5 Å². The van der Waals surface area contributed by atoms with E-state index in [4.69, 9.17) is 16.3 Å². The van der Waals surface area contributed by atoms with Crippen LogP contribution in [0.3, 0.4) is 0 Å². The number of urea groups is 1. The van der Waals surface area contributed by atoms with Crippen LogP contribution in [-0.4, -0.2) is 53.5 Å². The standard InChI is InChI=1S/C19H24ClN3O3/c1-26-16-7-4-13(20)12-15(16)21-18(25)23-11-3-9-19(23)8-2-10-22(17(19)24)14-5-6-14/h4,7,12,14H,2-3,5-6,8-11H2,1H3,(H,21,25). The van der Waals surface area contributed by atoms with Crippen molar-refractivity contribution in [3.63, 3.8) is 0 Å². The maximum absolute atomic E-state index is 13.2. The third kappa shape index (κ3) is 2.90. The number of benzene rings is 1. The number of rotatable bonds is 3. The molecule has 1 N–H and O–H groups in total. The first-order valence-corrected chi connectivity index (χ1v) is 9.66. The molecule has 2 heterocycles. The summed E-state index contributed by atoms with van der Waals surface area (Å²) in [5.41, 5.74) is -0.161. The average molecular weight is 378 g/mol. The van der Waals surface area contributed by atoms with E-state index in [0.29, 0.717) is 29.0 Å². The van der Waals surface area contributed by atoms with Gasteiger partial charge in [0.25, 0.3) is 0 Å². The summed E-state index contributed by atoms with van der Waals surface area (Å²) in [4.78, 5) is 30.0. The largest absolute Gasteiger partial charge is 0.495 e. The van der Waals surface area contributed by atoms with E-state index >= 15 is 0 Å². The van der Waals surface area contributed by atoms with Gasteiger partial charge in [0.2, 0.25) is 5.91 Å². The monoisotopic (exact) mass is 377 g/mol. The first kappa shape index (κ1) is 17.5. The van der Waals surface area contributed by atoms with Gasteiger partial charge < -0.3 is 19.9 Å². The zero-order valence-corrected chi connectivity index (χ0v) is 15.7. The molecule has 3 amide bonds. The zero-order valence-electron chi connectivity index (χ0n) is 15.0. The molecular weight excluding hydrogens is 354 g/mol. The number of halogens is 1. The number of carbonyl (C=O) groups is 2. The van der Waals surface area contributed by atoms with E-state index in [1.807, 2.05) is 4.90 Å². The second kappa shape index (κ2) is 6.65. The lowest BCUT2D eigenvalue weighted by molar-refractivity contribution is -0.146. The molecule has 1 unspecified atom stereocenters. The predicted molar refractivity (Wildman–Crippen MR) is 99.7 cm³/mol. The van der Waals surface area contributed by atoms with E-state index in [2.05, 4.69) is 5.32 Å². The SMILES string of the molecule is COc1ccc(Cl)cc1NC(=O)N1CCCC12CCCN(C1CC1)C2=O. The lowest BCUT2D eigenvalue weighted by atomic mass is 9.85. The van der Waals surface area contributed by atoms with Gasteiger partial charge in [0.05, 0.1) is 12.8 Å². The van der Waals surface area contributed by atoms with Crippen molar-refractivity contribution >= 4 is 29.2 Å². The summed E-state index contributed by atoms with van der Waals surface area (Å²) in [6.07, 6.45) is 5.47. The molecule has 1 atom stereocenters. The Labute approximate surface area is 158 Å². The number of ether oxygens (including phenoxy) is 1. The van der Waals surface area contributed by atoms with E-state index in [9.17, 15) is 9.59 Å². The topological polar surface area (TPSA) is 61.9 Å². The molecule has 4 rings (SSSR count). The Kier molecular flexibility index (Phi) is 4.47. The Balaban J connectivity index is 1.57. The van der Waals surface area contributed by atoms with Gasteiger partial charge in [-0.3, -0.25) is 4.79 Å². The smallest absolute Gasteiger partial charge is 0.322 e. The summed E-state index contributed by atoms with van der Waals surface area (Å²) in [5.74, 6) is 0.683. The summed E-state index contributed by atoms with van der Waals surface area (Å²) >= 11 is 6.06. The van der Waals surface area contributed by atoms with Gasteiger partial charge >= 0.3 is 6.03 Å². The molecule has 1 spiro atoms. The van der Waals surface area contributed by atoms with Crippen LogP contribution in [0.5, 0.6) is 5.75 Å². The normalized spacial score (nSPS) is 25.7. The molecule has 1 aromatic carbocycles. The van der Waals surface area contributed by atoms with Crippen LogP contribution in [0.1, 0.15) is 38.5 Å². The van der Waals surface area contributed by atoms with Crippen LogP contribution in [0.15, 0.2) is 18.2 Å². The number of likely N-dealkylation sites (tertiary alicyclic amines) is 2. The van der Waals surface area contributed by atoms with Crippen molar-refractivity contribution in [1.82, 2.24) is 9.80 Å². The van der Waals surface area contributed by atoms with Gasteiger partial charge in [-0.25, -0.2) is 4.79 Å². The first-order valence-electron chi connectivity index (χ1n) is 9.28. The van der Waals surface area contributed by atoms with E-state index < -0.39 is 5.54 Å². The molecule has 1 aliphatic carbocycles. The van der Waals surface area contributed by atoms with Crippen LogP contribution in [0.2, 0.25) is 5.02 Å². The summed E-state index contributed by atoms with van der Waals surface area (Å²) in [5, 5.41) is 3.42. The summed E-state index contributed by atoms with van der Waals surface area (Å²) in [7, 11) is 1.55. The zero-order chi connectivity index (χ0) is 18.3. The van der Waals surface area contributed by atoms with E-state index in [0.717, 1.165) is 45.1 Å². The summed E-state index contributed by atoms with van der Waals surface area (Å²) in [6.45, 7) is 1.42. The van der Waals surface area contributed by atoms with Crippen molar-refractivity contribution in [3.05, 3.63) is 23.2 Å². The fraction of sp³-hybridized carbons (Fsp3) is 0.579. The Hall–Kier alpha value is -1.95. The molecular formula is C19H24ClN3O3. The molecule has 2 saturated heterocycles. The van der Waals surface area contributed by atoms with Crippen LogP contribution in [0.25, 0.3) is 0 Å². The number of anilines is 1. The lowest BCUT2D eigenvalue weighted by Crippen LogP contribution is -2.62. The Bertz CT molecular complexity index is 737. The van der Waals surface area contributed by atoms with Gasteiger partial charge in [0.1, 0.15) is 11.3 Å². The van der Waals surface area contributed by atoms with E-state index in [-0.39, 0.29) is 11.9 Å². The molecule has 140 valence electrons. The minimum atomic E-state index is -0.684. The predicted octanol–water partition coefficient (Wildman–Crippen LogP) is 3.50. The number of amides is 3. The van der Waals surface area contributed by atoms with Gasteiger partial charge in [-0.05, 0) is 56.7 Å². The highest BCUT2D eigenvalue weighted by Gasteiger charge is 2.54. The Morgan fingerprint density at radius 3 is 2.69 bits per heavy atom. The lowest BCUT2D eigenvalue weighted by Gasteiger charge is -2.44. The number of carbonyl (C=O) groups excluding carboxylic acids is 2. The highest BCUT2D eigenvalue weighted by molar-refractivity contribution is 6.31. The number of hydrogen-bond acceptors (Lipinski definition) is 3. The molecule has 3 aliphatic rings. The van der Waals surface area contributed by atoms with E-state index in [1.165, 1.54) is 0 Å². The molecule has 0 aromatic heterocycles. The fourth-order valence-corrected chi connectivity index (χ4v) is 4.54. The summed E-state index contributed by atoms with van der Waals surface area (Å²) < 4.78 is 5.31. The van der Waals surface area contributed by atoms with Gasteiger partial charge in [0, 0.05) is 24.2 Å². The summed E-state index contributed by atoms with van der Waals surface area (Å²) in [6, 6.07) is 5.23. The average Bonchev–Trinajstić information content (AvgIpc) is 3.38. The number of nitrogens with zero attached hydrogens (tertiary/aromatic N) is 2.